The van der Waals surface area contributed by atoms with E-state index in [0.29, 0.717) is 13.0 Å². The lowest BCUT2D eigenvalue weighted by Gasteiger charge is -2.32. The van der Waals surface area contributed by atoms with E-state index in [4.69, 9.17) is 11.6 Å². The second-order valence-electron chi connectivity index (χ2n) is 9.99. The van der Waals surface area contributed by atoms with Gasteiger partial charge in [0.05, 0.1) is 11.6 Å². The number of para-hydroxylation sites is 1. The quantitative estimate of drug-likeness (QED) is 0.164. The molecule has 6 heteroatoms. The number of halogens is 1. The largest absolute Gasteiger partial charge is 0.361 e. The molecule has 5 aromatic rings. The lowest BCUT2D eigenvalue weighted by Crippen LogP contribution is -2.56. The van der Waals surface area contributed by atoms with Crippen molar-refractivity contribution in [2.45, 2.75) is 48.2 Å². The van der Waals surface area contributed by atoms with Crippen molar-refractivity contribution in [2.75, 3.05) is 0 Å². The van der Waals surface area contributed by atoms with Gasteiger partial charge in [0.1, 0.15) is 0 Å². The smallest absolute Gasteiger partial charge is 0.240 e. The highest BCUT2D eigenvalue weighted by molar-refractivity contribution is 7.99. The van der Waals surface area contributed by atoms with Crippen LogP contribution in [0.25, 0.3) is 10.9 Å². The van der Waals surface area contributed by atoms with Crippen molar-refractivity contribution in [3.63, 3.8) is 0 Å². The third-order valence-corrected chi connectivity index (χ3v) is 8.43. The number of benzene rings is 4. The minimum atomic E-state index is -0.855. The van der Waals surface area contributed by atoms with Gasteiger partial charge in [0.2, 0.25) is 5.91 Å². The molecule has 0 aliphatic rings. The van der Waals surface area contributed by atoms with Gasteiger partial charge in [-0.1, -0.05) is 90.1 Å². The van der Waals surface area contributed by atoms with E-state index in [9.17, 15) is 4.79 Å². The molecule has 0 aliphatic heterocycles. The minimum absolute atomic E-state index is 0.0352. The zero-order valence-corrected chi connectivity index (χ0v) is 23.7. The molecule has 3 N–H and O–H groups in total. The van der Waals surface area contributed by atoms with E-state index < -0.39 is 5.54 Å². The van der Waals surface area contributed by atoms with Crippen LogP contribution in [0.5, 0.6) is 0 Å². The summed E-state index contributed by atoms with van der Waals surface area (Å²) in [7, 11) is 0. The van der Waals surface area contributed by atoms with Crippen LogP contribution in [0.3, 0.4) is 0 Å². The number of carbonyl (C=O) groups is 1. The molecular formula is C33H32ClN3OS. The highest BCUT2D eigenvalue weighted by Crippen LogP contribution is 2.32. The molecule has 2 unspecified atom stereocenters. The molecule has 0 spiro atoms. The molecule has 39 heavy (non-hydrogen) atoms. The maximum atomic E-state index is 13.9. The molecule has 0 aliphatic carbocycles. The number of nitrogens with one attached hydrogen (secondary N) is 3. The minimum Gasteiger partial charge on any atom is -0.361 e. The first-order valence-corrected chi connectivity index (χ1v) is 14.3. The van der Waals surface area contributed by atoms with E-state index in [1.54, 1.807) is 11.8 Å². The Morgan fingerprint density at radius 1 is 0.897 bits per heavy atom. The van der Waals surface area contributed by atoms with Gasteiger partial charge in [-0.15, -0.1) is 0 Å². The lowest BCUT2D eigenvalue weighted by molar-refractivity contribution is -0.127. The zero-order chi connectivity index (χ0) is 27.2. The van der Waals surface area contributed by atoms with E-state index in [1.807, 2.05) is 98.9 Å². The Labute approximate surface area is 239 Å². The van der Waals surface area contributed by atoms with Crippen LogP contribution in [0.2, 0.25) is 5.02 Å². The molecule has 0 saturated carbocycles. The van der Waals surface area contributed by atoms with Gasteiger partial charge in [-0.25, -0.2) is 0 Å². The third kappa shape index (κ3) is 6.56. The van der Waals surface area contributed by atoms with Crippen molar-refractivity contribution in [3.05, 3.63) is 131 Å². The number of aromatic amines is 1. The SMILES string of the molecule is CC(NC(=O)C(C)(Cc1c[nH]c2ccccc12)NCc1ccccc1Sc1ccc(Cl)cc1)c1ccccc1. The Bertz CT molecular complexity index is 1550. The van der Waals surface area contributed by atoms with Crippen LogP contribution in [0, 0.1) is 0 Å². The number of rotatable bonds is 10. The summed E-state index contributed by atoms with van der Waals surface area (Å²) in [4.78, 5) is 19.5. The first-order chi connectivity index (χ1) is 18.9. The van der Waals surface area contributed by atoms with Gasteiger partial charge < -0.3 is 10.3 Å². The van der Waals surface area contributed by atoms with Gasteiger partial charge in [0.25, 0.3) is 0 Å². The molecule has 1 amide bonds. The van der Waals surface area contributed by atoms with E-state index >= 15 is 0 Å². The Morgan fingerprint density at radius 3 is 2.38 bits per heavy atom. The van der Waals surface area contributed by atoms with Crippen molar-refractivity contribution in [1.29, 1.82) is 0 Å². The van der Waals surface area contributed by atoms with E-state index in [2.05, 4.69) is 39.9 Å². The number of hydrogen-bond donors (Lipinski definition) is 3. The van der Waals surface area contributed by atoms with E-state index in [-0.39, 0.29) is 11.9 Å². The predicted octanol–water partition coefficient (Wildman–Crippen LogP) is 7.94. The van der Waals surface area contributed by atoms with Crippen molar-refractivity contribution in [2.24, 2.45) is 0 Å². The van der Waals surface area contributed by atoms with Gasteiger partial charge in [-0.3, -0.25) is 10.1 Å². The average molecular weight is 554 g/mol. The number of aromatic nitrogens is 1. The van der Waals surface area contributed by atoms with Gasteiger partial charge in [0.15, 0.2) is 0 Å². The molecule has 198 valence electrons. The molecule has 4 nitrogen and oxygen atoms in total. The highest BCUT2D eigenvalue weighted by Gasteiger charge is 2.35. The Balaban J connectivity index is 1.40. The number of hydrogen-bond acceptors (Lipinski definition) is 3. The highest BCUT2D eigenvalue weighted by atomic mass is 35.5. The maximum Gasteiger partial charge on any atom is 0.240 e. The molecule has 1 heterocycles. The molecule has 0 fully saturated rings. The molecule has 0 bridgehead atoms. The predicted molar refractivity (Wildman–Crippen MR) is 162 cm³/mol. The van der Waals surface area contributed by atoms with Crippen molar-refractivity contribution in [3.8, 4) is 0 Å². The van der Waals surface area contributed by atoms with Gasteiger partial charge in [-0.2, -0.15) is 0 Å². The number of H-pyrrole nitrogens is 1. The topological polar surface area (TPSA) is 56.9 Å². The van der Waals surface area contributed by atoms with Crippen molar-refractivity contribution >= 4 is 40.2 Å². The molecule has 5 rings (SSSR count). The standard InChI is InChI=1S/C33H32ClN3OS/c1-23(24-10-4-3-5-11-24)37-32(38)33(2,20-26-21-35-30-14-8-7-13-29(26)30)36-22-25-12-6-9-15-31(25)39-28-18-16-27(34)17-19-28/h3-19,21,23,35-36H,20,22H2,1-2H3,(H,37,38). The Morgan fingerprint density at radius 2 is 1.59 bits per heavy atom. The van der Waals surface area contributed by atoms with Crippen LogP contribution in [0.4, 0.5) is 0 Å². The Kier molecular flexibility index (Phi) is 8.41. The molecule has 4 aromatic carbocycles. The number of carbonyl (C=O) groups excluding carboxylic acids is 1. The molecule has 2 atom stereocenters. The summed E-state index contributed by atoms with van der Waals surface area (Å²) in [6, 6.07) is 34.3. The van der Waals surface area contributed by atoms with Gasteiger partial charge >= 0.3 is 0 Å². The summed E-state index contributed by atoms with van der Waals surface area (Å²) in [6.07, 6.45) is 2.56. The van der Waals surface area contributed by atoms with E-state index in [0.717, 1.165) is 42.4 Å². The second kappa shape index (κ2) is 12.1. The first kappa shape index (κ1) is 27.1. The monoisotopic (exact) mass is 553 g/mol. The zero-order valence-electron chi connectivity index (χ0n) is 22.1. The third-order valence-electron chi connectivity index (χ3n) is 7.05. The summed E-state index contributed by atoms with van der Waals surface area (Å²) < 4.78 is 0. The fourth-order valence-electron chi connectivity index (χ4n) is 4.73. The van der Waals surface area contributed by atoms with Crippen LogP contribution in [0.15, 0.2) is 119 Å². The summed E-state index contributed by atoms with van der Waals surface area (Å²) in [5.41, 5.74) is 3.52. The summed E-state index contributed by atoms with van der Waals surface area (Å²) in [5, 5.41) is 8.76. The number of fused-ring (bicyclic) bond motifs is 1. The Hall–Kier alpha value is -3.51. The number of amides is 1. The van der Waals surface area contributed by atoms with Crippen molar-refractivity contribution < 1.29 is 4.79 Å². The molecule has 1 aromatic heterocycles. The fourth-order valence-corrected chi connectivity index (χ4v) is 5.80. The van der Waals surface area contributed by atoms with Crippen LogP contribution >= 0.6 is 23.4 Å². The summed E-state index contributed by atoms with van der Waals surface area (Å²) >= 11 is 7.78. The van der Waals surface area contributed by atoms with Gasteiger partial charge in [-0.05, 0) is 66.9 Å². The molecule has 0 saturated heterocycles. The fraction of sp³-hybridized carbons (Fsp3) is 0.182. The van der Waals surface area contributed by atoms with E-state index in [1.165, 1.54) is 0 Å². The van der Waals surface area contributed by atoms with Crippen molar-refractivity contribution in [1.82, 2.24) is 15.6 Å². The van der Waals surface area contributed by atoms with Crippen LogP contribution in [0.1, 0.15) is 36.6 Å². The van der Waals surface area contributed by atoms with Crippen LogP contribution in [-0.4, -0.2) is 16.4 Å². The lowest BCUT2D eigenvalue weighted by atomic mass is 9.90. The summed E-state index contributed by atoms with van der Waals surface area (Å²) in [6.45, 7) is 4.57. The summed E-state index contributed by atoms with van der Waals surface area (Å²) in [5.74, 6) is -0.0352. The van der Waals surface area contributed by atoms with Crippen LogP contribution < -0.4 is 10.6 Å². The second-order valence-corrected chi connectivity index (χ2v) is 11.5. The van der Waals surface area contributed by atoms with Crippen LogP contribution in [-0.2, 0) is 17.8 Å². The maximum absolute atomic E-state index is 13.9. The molecule has 0 radical (unpaired) electrons. The first-order valence-electron chi connectivity index (χ1n) is 13.1. The van der Waals surface area contributed by atoms with Gasteiger partial charge in [0, 0.05) is 44.9 Å². The normalized spacial score (nSPS) is 13.6. The average Bonchev–Trinajstić information content (AvgIpc) is 3.36. The molecular weight excluding hydrogens is 522 g/mol.